The van der Waals surface area contributed by atoms with Crippen LogP contribution in [-0.4, -0.2) is 29.0 Å². The van der Waals surface area contributed by atoms with Gasteiger partial charge in [0.25, 0.3) is 5.91 Å². The van der Waals surface area contributed by atoms with Crippen molar-refractivity contribution in [3.8, 4) is 0 Å². The Morgan fingerprint density at radius 2 is 1.56 bits per heavy atom. The van der Waals surface area contributed by atoms with E-state index in [1.807, 2.05) is 66.7 Å². The number of hydrogen-bond donors (Lipinski definition) is 2. The van der Waals surface area contributed by atoms with E-state index in [-0.39, 0.29) is 23.1 Å². The van der Waals surface area contributed by atoms with Gasteiger partial charge in [-0.2, -0.15) is 0 Å². The van der Waals surface area contributed by atoms with Crippen molar-refractivity contribution in [3.63, 3.8) is 0 Å². The van der Waals surface area contributed by atoms with Crippen LogP contribution in [-0.2, 0) is 9.59 Å². The maximum atomic E-state index is 13.5. The summed E-state index contributed by atoms with van der Waals surface area (Å²) in [5.74, 6) is -0.0956. The van der Waals surface area contributed by atoms with E-state index in [9.17, 15) is 14.4 Å². The Kier molecular flexibility index (Phi) is 7.09. The molecule has 0 radical (unpaired) electrons. The van der Waals surface area contributed by atoms with Crippen LogP contribution in [0.3, 0.4) is 0 Å². The van der Waals surface area contributed by atoms with Gasteiger partial charge in [-0.3, -0.25) is 19.3 Å². The van der Waals surface area contributed by atoms with Gasteiger partial charge in [-0.15, -0.1) is 11.8 Å². The fourth-order valence-electron chi connectivity index (χ4n) is 4.99. The summed E-state index contributed by atoms with van der Waals surface area (Å²) in [6.07, 6.45) is 3.98. The fraction of sp³-hybridized carbons (Fsp3) is 0.276. The van der Waals surface area contributed by atoms with Gasteiger partial charge >= 0.3 is 0 Å². The molecule has 0 aromatic heterocycles. The molecule has 184 valence electrons. The van der Waals surface area contributed by atoms with Gasteiger partial charge in [0.15, 0.2) is 0 Å². The smallest absolute Gasteiger partial charge is 0.252 e. The van der Waals surface area contributed by atoms with E-state index in [0.29, 0.717) is 35.5 Å². The van der Waals surface area contributed by atoms with Crippen LogP contribution >= 0.6 is 11.8 Å². The zero-order valence-electron chi connectivity index (χ0n) is 20.0. The monoisotopic (exact) mass is 499 g/mol. The minimum atomic E-state index is -0.965. The molecule has 5 rings (SSSR count). The van der Waals surface area contributed by atoms with Crippen molar-refractivity contribution in [1.82, 2.24) is 5.32 Å². The number of nitrogens with one attached hydrogen (secondary N) is 2. The highest BCUT2D eigenvalue weighted by Gasteiger charge is 2.41. The van der Waals surface area contributed by atoms with Crippen LogP contribution in [0.25, 0.3) is 0 Å². The van der Waals surface area contributed by atoms with E-state index in [4.69, 9.17) is 0 Å². The third-order valence-electron chi connectivity index (χ3n) is 6.87. The number of nitrogens with zero attached hydrogens (tertiary/aromatic N) is 1. The molecule has 36 heavy (non-hydrogen) atoms. The van der Waals surface area contributed by atoms with Crippen molar-refractivity contribution < 1.29 is 14.4 Å². The molecule has 1 aliphatic carbocycles. The lowest BCUT2D eigenvalue weighted by molar-refractivity contribution is -0.123. The first-order valence-electron chi connectivity index (χ1n) is 12.3. The van der Waals surface area contributed by atoms with Gasteiger partial charge in [0.2, 0.25) is 11.8 Å². The molecule has 2 aliphatic rings. The number of anilines is 2. The molecular weight excluding hydrogens is 470 g/mol. The number of carbonyl (C=O) groups is 3. The van der Waals surface area contributed by atoms with Crippen molar-refractivity contribution in [2.45, 2.75) is 43.0 Å². The van der Waals surface area contributed by atoms with E-state index in [1.54, 1.807) is 34.9 Å². The van der Waals surface area contributed by atoms with Gasteiger partial charge in [-0.1, -0.05) is 73.9 Å². The summed E-state index contributed by atoms with van der Waals surface area (Å²) in [5, 5.41) is 5.93. The molecule has 7 heteroatoms. The van der Waals surface area contributed by atoms with E-state index in [1.165, 1.54) is 0 Å². The quantitative estimate of drug-likeness (QED) is 0.467. The normalized spacial score (nSPS) is 19.1. The topological polar surface area (TPSA) is 78.5 Å². The standard InChI is InChI=1S/C29H29N3O3S/c33-25-20-36-27(21-11-4-1-5-12-21)32(25)24-16-10-13-22(19-24)26(34)31-29(17-8-3-9-18-29)28(35)30-23-14-6-2-7-15-23/h1-2,4-7,10-16,19,27H,3,8-9,17-18,20H2,(H,30,35)(H,31,34)/t27-/m1/s1. The van der Waals surface area contributed by atoms with E-state index >= 15 is 0 Å². The van der Waals surface area contributed by atoms with E-state index in [2.05, 4.69) is 10.6 Å². The summed E-state index contributed by atoms with van der Waals surface area (Å²) in [6.45, 7) is 0. The number of thioether (sulfide) groups is 1. The Bertz CT molecular complexity index is 1240. The van der Waals surface area contributed by atoms with Crippen LogP contribution in [0.4, 0.5) is 11.4 Å². The molecule has 1 aliphatic heterocycles. The second-order valence-electron chi connectivity index (χ2n) is 9.31. The second kappa shape index (κ2) is 10.6. The molecule has 2 fully saturated rings. The van der Waals surface area contributed by atoms with Gasteiger partial charge in [-0.25, -0.2) is 0 Å². The molecule has 0 unspecified atom stereocenters. The van der Waals surface area contributed by atoms with Crippen molar-refractivity contribution in [2.24, 2.45) is 0 Å². The molecule has 0 bridgehead atoms. The zero-order chi connectivity index (χ0) is 25.0. The third-order valence-corrected chi connectivity index (χ3v) is 8.08. The molecular formula is C29H29N3O3S. The summed E-state index contributed by atoms with van der Waals surface area (Å²) in [4.78, 5) is 41.5. The number of amides is 3. The lowest BCUT2D eigenvalue weighted by Crippen LogP contribution is -2.57. The molecule has 3 aromatic rings. The van der Waals surface area contributed by atoms with Gasteiger partial charge in [0, 0.05) is 16.9 Å². The van der Waals surface area contributed by atoms with E-state index in [0.717, 1.165) is 24.8 Å². The maximum Gasteiger partial charge on any atom is 0.252 e. The van der Waals surface area contributed by atoms with Crippen LogP contribution in [0.2, 0.25) is 0 Å². The lowest BCUT2D eigenvalue weighted by Gasteiger charge is -2.36. The number of carbonyl (C=O) groups excluding carboxylic acids is 3. The fourth-order valence-corrected chi connectivity index (χ4v) is 6.17. The van der Waals surface area contributed by atoms with Crippen LogP contribution < -0.4 is 15.5 Å². The lowest BCUT2D eigenvalue weighted by atomic mass is 9.80. The first-order chi connectivity index (χ1) is 17.6. The Labute approximate surface area is 215 Å². The van der Waals surface area contributed by atoms with Crippen molar-refractivity contribution in [1.29, 1.82) is 0 Å². The largest absolute Gasteiger partial charge is 0.338 e. The molecule has 2 N–H and O–H groups in total. The minimum Gasteiger partial charge on any atom is -0.338 e. The van der Waals surface area contributed by atoms with Gasteiger partial charge in [0.05, 0.1) is 5.75 Å². The molecule has 1 saturated carbocycles. The number of rotatable bonds is 6. The molecule has 1 heterocycles. The molecule has 3 aromatic carbocycles. The molecule has 0 spiro atoms. The first kappa shape index (κ1) is 24.1. The average molecular weight is 500 g/mol. The van der Waals surface area contributed by atoms with Crippen LogP contribution in [0.5, 0.6) is 0 Å². The summed E-state index contributed by atoms with van der Waals surface area (Å²) >= 11 is 1.58. The predicted octanol–water partition coefficient (Wildman–Crippen LogP) is 5.54. The molecule has 1 atom stereocenters. The summed E-state index contributed by atoms with van der Waals surface area (Å²) in [5.41, 5.74) is 1.90. The Hall–Kier alpha value is -3.58. The van der Waals surface area contributed by atoms with Crippen LogP contribution in [0.1, 0.15) is 53.4 Å². The first-order valence-corrected chi connectivity index (χ1v) is 13.4. The average Bonchev–Trinajstić information content (AvgIpc) is 3.31. The number of benzene rings is 3. The Morgan fingerprint density at radius 1 is 0.861 bits per heavy atom. The van der Waals surface area contributed by atoms with E-state index < -0.39 is 5.54 Å². The molecule has 3 amide bonds. The highest BCUT2D eigenvalue weighted by atomic mass is 32.2. The summed E-state index contributed by atoms with van der Waals surface area (Å²) < 4.78 is 0. The zero-order valence-corrected chi connectivity index (χ0v) is 20.8. The van der Waals surface area contributed by atoms with Crippen molar-refractivity contribution >= 4 is 40.9 Å². The summed E-state index contributed by atoms with van der Waals surface area (Å²) in [6, 6.07) is 26.4. The van der Waals surface area contributed by atoms with Crippen LogP contribution in [0.15, 0.2) is 84.9 Å². The second-order valence-corrected chi connectivity index (χ2v) is 10.4. The number of para-hydroxylation sites is 1. The van der Waals surface area contributed by atoms with Crippen molar-refractivity contribution in [2.75, 3.05) is 16.0 Å². The maximum absolute atomic E-state index is 13.5. The van der Waals surface area contributed by atoms with Gasteiger partial charge in [0.1, 0.15) is 10.9 Å². The molecule has 6 nitrogen and oxygen atoms in total. The Balaban J connectivity index is 1.38. The summed E-state index contributed by atoms with van der Waals surface area (Å²) in [7, 11) is 0. The molecule has 1 saturated heterocycles. The van der Waals surface area contributed by atoms with Crippen LogP contribution in [0, 0.1) is 0 Å². The highest BCUT2D eigenvalue weighted by molar-refractivity contribution is 8.00. The SMILES string of the molecule is O=C(NC1(C(=O)Nc2ccccc2)CCCCC1)c1cccc(N2C(=O)CS[C@@H]2c2ccccc2)c1. The number of hydrogen-bond acceptors (Lipinski definition) is 4. The Morgan fingerprint density at radius 3 is 2.28 bits per heavy atom. The minimum absolute atomic E-state index is 0.0115. The third kappa shape index (κ3) is 5.02. The van der Waals surface area contributed by atoms with Gasteiger partial charge < -0.3 is 10.6 Å². The van der Waals surface area contributed by atoms with Crippen molar-refractivity contribution in [3.05, 3.63) is 96.1 Å². The van der Waals surface area contributed by atoms with Gasteiger partial charge in [-0.05, 0) is 48.7 Å². The predicted molar refractivity (Wildman–Crippen MR) is 144 cm³/mol. The highest BCUT2D eigenvalue weighted by Crippen LogP contribution is 2.41.